The van der Waals surface area contributed by atoms with E-state index in [4.69, 9.17) is 10.00 Å². The summed E-state index contributed by atoms with van der Waals surface area (Å²) < 4.78 is 5.44. The monoisotopic (exact) mass is 311 g/mol. The highest BCUT2D eigenvalue weighted by Gasteiger charge is 2.17. The molecule has 1 aromatic heterocycles. The van der Waals surface area contributed by atoms with E-state index < -0.39 is 5.91 Å². The zero-order valence-corrected chi connectivity index (χ0v) is 12.5. The summed E-state index contributed by atoms with van der Waals surface area (Å²) in [5, 5.41) is 22.6. The molecular formula is C16H17N5O2. The highest BCUT2D eigenvalue weighted by molar-refractivity contribution is 5.97. The largest absolute Gasteiger partial charge is 0.376 e. The molecule has 1 amide bonds. The van der Waals surface area contributed by atoms with Gasteiger partial charge in [0.1, 0.15) is 11.6 Å². The Kier molecular flexibility index (Phi) is 4.54. The molecule has 1 unspecified atom stereocenters. The molecule has 3 rings (SSSR count). The quantitative estimate of drug-likeness (QED) is 0.576. The van der Waals surface area contributed by atoms with Gasteiger partial charge < -0.3 is 15.4 Å². The number of amides is 1. The number of nitrogens with zero attached hydrogens (tertiary/aromatic N) is 2. The number of nitriles is 1. The first-order chi connectivity index (χ1) is 11.3. The van der Waals surface area contributed by atoms with Crippen LogP contribution in [0.5, 0.6) is 0 Å². The maximum absolute atomic E-state index is 12.0. The molecule has 7 nitrogen and oxygen atoms in total. The Labute approximate surface area is 133 Å². The number of carbonyl (C=O) groups is 1. The summed E-state index contributed by atoms with van der Waals surface area (Å²) in [5.41, 5.74) is 1.67. The number of benzene rings is 1. The van der Waals surface area contributed by atoms with Crippen molar-refractivity contribution < 1.29 is 9.53 Å². The van der Waals surface area contributed by atoms with E-state index in [9.17, 15) is 4.79 Å². The summed E-state index contributed by atoms with van der Waals surface area (Å²) in [7, 11) is 0. The molecule has 1 aliphatic rings. The predicted molar refractivity (Wildman–Crippen MR) is 85.4 cm³/mol. The molecule has 1 fully saturated rings. The molecule has 1 aliphatic heterocycles. The molecule has 0 bridgehead atoms. The second-order valence-electron chi connectivity index (χ2n) is 5.33. The summed E-state index contributed by atoms with van der Waals surface area (Å²) in [4.78, 5) is 12.0. The van der Waals surface area contributed by atoms with Crippen LogP contribution < -0.4 is 10.6 Å². The third-order valence-electron chi connectivity index (χ3n) is 3.70. The number of ether oxygens (including phenoxy) is 1. The number of hydrogen-bond donors (Lipinski definition) is 3. The number of fused-ring (bicyclic) bond motifs is 1. The lowest BCUT2D eigenvalue weighted by atomic mass is 10.2. The number of anilines is 1. The van der Waals surface area contributed by atoms with Crippen molar-refractivity contribution >= 4 is 22.5 Å². The van der Waals surface area contributed by atoms with Crippen molar-refractivity contribution in [3.8, 4) is 6.07 Å². The minimum atomic E-state index is -0.405. The lowest BCUT2D eigenvalue weighted by Gasteiger charge is -2.10. The molecule has 3 N–H and O–H groups in total. The average Bonchev–Trinajstić information content (AvgIpc) is 3.24. The minimum Gasteiger partial charge on any atom is -0.376 e. The van der Waals surface area contributed by atoms with E-state index in [-0.39, 0.29) is 11.7 Å². The van der Waals surface area contributed by atoms with E-state index in [0.29, 0.717) is 6.54 Å². The third kappa shape index (κ3) is 3.67. The van der Waals surface area contributed by atoms with Gasteiger partial charge in [-0.1, -0.05) is 0 Å². The Morgan fingerprint density at radius 1 is 1.57 bits per heavy atom. The highest BCUT2D eigenvalue weighted by atomic mass is 16.5. The molecule has 118 valence electrons. The van der Waals surface area contributed by atoms with Gasteiger partial charge in [0.2, 0.25) is 0 Å². The number of hydrogen-bond acceptors (Lipinski definition) is 5. The Bertz CT molecular complexity index is 768. The van der Waals surface area contributed by atoms with Gasteiger partial charge in [0.25, 0.3) is 5.91 Å². The normalized spacial score (nSPS) is 17.9. The van der Waals surface area contributed by atoms with Gasteiger partial charge in [-0.2, -0.15) is 10.4 Å². The van der Waals surface area contributed by atoms with E-state index in [1.165, 1.54) is 6.20 Å². The van der Waals surface area contributed by atoms with Crippen molar-refractivity contribution in [3.05, 3.63) is 36.2 Å². The van der Waals surface area contributed by atoms with Gasteiger partial charge in [0, 0.05) is 30.4 Å². The molecule has 0 saturated carbocycles. The third-order valence-corrected chi connectivity index (χ3v) is 3.70. The molecule has 23 heavy (non-hydrogen) atoms. The SMILES string of the molecule is N#C/C(=C/Nc1ccc2cn[nH]c2c1)C(=O)NCC1CCCO1. The van der Waals surface area contributed by atoms with E-state index in [0.717, 1.165) is 36.0 Å². The van der Waals surface area contributed by atoms with Crippen LogP contribution >= 0.6 is 0 Å². The zero-order chi connectivity index (χ0) is 16.1. The minimum absolute atomic E-state index is 0.0210. The maximum atomic E-state index is 12.0. The molecule has 1 atom stereocenters. The molecule has 1 saturated heterocycles. The Morgan fingerprint density at radius 3 is 3.26 bits per heavy atom. The number of H-pyrrole nitrogens is 1. The van der Waals surface area contributed by atoms with Crippen molar-refractivity contribution in [2.75, 3.05) is 18.5 Å². The number of nitrogens with one attached hydrogen (secondary N) is 3. The number of rotatable bonds is 5. The lowest BCUT2D eigenvalue weighted by Crippen LogP contribution is -2.32. The van der Waals surface area contributed by atoms with E-state index >= 15 is 0 Å². The number of aromatic nitrogens is 2. The van der Waals surface area contributed by atoms with E-state index in [1.807, 2.05) is 24.3 Å². The first kappa shape index (κ1) is 15.1. The molecule has 7 heteroatoms. The van der Waals surface area contributed by atoms with Crippen molar-refractivity contribution in [1.82, 2.24) is 15.5 Å². The van der Waals surface area contributed by atoms with Crippen LogP contribution in [0.2, 0.25) is 0 Å². The summed E-state index contributed by atoms with van der Waals surface area (Å²) in [6, 6.07) is 7.52. The van der Waals surface area contributed by atoms with E-state index in [2.05, 4.69) is 20.8 Å². The van der Waals surface area contributed by atoms with Crippen molar-refractivity contribution in [2.45, 2.75) is 18.9 Å². The fourth-order valence-corrected chi connectivity index (χ4v) is 2.44. The van der Waals surface area contributed by atoms with Crippen LogP contribution in [0.3, 0.4) is 0 Å². The fraction of sp³-hybridized carbons (Fsp3) is 0.312. The van der Waals surface area contributed by atoms with Crippen LogP contribution in [0, 0.1) is 11.3 Å². The van der Waals surface area contributed by atoms with Crippen LogP contribution in [-0.4, -0.2) is 35.4 Å². The van der Waals surface area contributed by atoms with Crippen LogP contribution in [-0.2, 0) is 9.53 Å². The molecular weight excluding hydrogens is 294 g/mol. The summed E-state index contributed by atoms with van der Waals surface area (Å²) in [6.07, 6.45) is 5.14. The van der Waals surface area contributed by atoms with Crippen molar-refractivity contribution in [3.63, 3.8) is 0 Å². The molecule has 0 radical (unpaired) electrons. The Morgan fingerprint density at radius 2 is 2.48 bits per heavy atom. The fourth-order valence-electron chi connectivity index (χ4n) is 2.44. The van der Waals surface area contributed by atoms with Crippen molar-refractivity contribution in [2.24, 2.45) is 0 Å². The predicted octanol–water partition coefficient (Wildman–Crippen LogP) is 1.68. The van der Waals surface area contributed by atoms with Gasteiger partial charge in [-0.05, 0) is 31.0 Å². The van der Waals surface area contributed by atoms with Gasteiger partial charge in [-0.25, -0.2) is 0 Å². The molecule has 0 aliphatic carbocycles. The highest BCUT2D eigenvalue weighted by Crippen LogP contribution is 2.16. The first-order valence-electron chi connectivity index (χ1n) is 7.46. The smallest absolute Gasteiger partial charge is 0.263 e. The Balaban J connectivity index is 1.61. The van der Waals surface area contributed by atoms with Crippen LogP contribution in [0.15, 0.2) is 36.2 Å². The standard InChI is InChI=1S/C16H17N5O2/c17-7-12(16(22)19-10-14-2-1-5-23-14)8-18-13-4-3-11-9-20-21-15(11)6-13/h3-4,6,8-9,14,18H,1-2,5,10H2,(H,19,22)(H,20,21)/b12-8-. The molecule has 0 spiro atoms. The number of aromatic amines is 1. The first-order valence-corrected chi connectivity index (χ1v) is 7.46. The summed E-state index contributed by atoms with van der Waals surface area (Å²) in [5.74, 6) is -0.405. The van der Waals surface area contributed by atoms with Crippen LogP contribution in [0.25, 0.3) is 10.9 Å². The average molecular weight is 311 g/mol. The van der Waals surface area contributed by atoms with Gasteiger partial charge >= 0.3 is 0 Å². The molecule has 1 aromatic carbocycles. The molecule has 2 heterocycles. The lowest BCUT2D eigenvalue weighted by molar-refractivity contribution is -0.117. The van der Waals surface area contributed by atoms with E-state index in [1.54, 1.807) is 6.20 Å². The molecule has 2 aromatic rings. The number of carbonyl (C=O) groups excluding carboxylic acids is 1. The van der Waals surface area contributed by atoms with Crippen molar-refractivity contribution in [1.29, 1.82) is 5.26 Å². The zero-order valence-electron chi connectivity index (χ0n) is 12.5. The van der Waals surface area contributed by atoms with Gasteiger partial charge in [-0.15, -0.1) is 0 Å². The topological polar surface area (TPSA) is 103 Å². The summed E-state index contributed by atoms with van der Waals surface area (Å²) in [6.45, 7) is 1.16. The second-order valence-corrected chi connectivity index (χ2v) is 5.33. The maximum Gasteiger partial charge on any atom is 0.263 e. The van der Waals surface area contributed by atoms with Gasteiger partial charge in [-0.3, -0.25) is 9.89 Å². The van der Waals surface area contributed by atoms with Gasteiger partial charge in [0.15, 0.2) is 0 Å². The van der Waals surface area contributed by atoms with Gasteiger partial charge in [0.05, 0.1) is 17.8 Å². The van der Waals surface area contributed by atoms with Crippen LogP contribution in [0.1, 0.15) is 12.8 Å². The van der Waals surface area contributed by atoms with Crippen LogP contribution in [0.4, 0.5) is 5.69 Å². The Hall–Kier alpha value is -2.85. The second kappa shape index (κ2) is 6.94. The summed E-state index contributed by atoms with van der Waals surface area (Å²) >= 11 is 0.